The van der Waals surface area contributed by atoms with E-state index in [1.807, 2.05) is 24.3 Å². The smallest absolute Gasteiger partial charge is 0.315 e. The molecule has 5 N–H and O–H groups in total. The van der Waals surface area contributed by atoms with Crippen LogP contribution in [0, 0.1) is 6.92 Å². The van der Waals surface area contributed by atoms with Crippen LogP contribution in [0.3, 0.4) is 0 Å². The average Bonchev–Trinajstić information content (AvgIpc) is 3.18. The van der Waals surface area contributed by atoms with Gasteiger partial charge in [0.15, 0.2) is 0 Å². The van der Waals surface area contributed by atoms with Gasteiger partial charge in [-0.3, -0.25) is 4.79 Å². The van der Waals surface area contributed by atoms with Crippen LogP contribution in [0.15, 0.2) is 66.7 Å². The van der Waals surface area contributed by atoms with E-state index in [4.69, 9.17) is 5.73 Å². The molecule has 6 nitrogen and oxygen atoms in total. The highest BCUT2D eigenvalue weighted by Gasteiger charge is 2.25. The summed E-state index contributed by atoms with van der Waals surface area (Å²) in [5, 5.41) is 8.86. The standard InChI is InChI=1S/C26H28N4O2/c1-17-6-8-18(9-7-17)14-15-28-26(32)30-23-13-11-19-16-20(10-12-21(19)23)25(31)29-24-5-3-2-4-22(24)27/h2-10,12,16,23H,11,13-15,27H2,1H3,(H,29,31)(H2,28,30,32). The molecule has 0 heterocycles. The largest absolute Gasteiger partial charge is 0.397 e. The molecule has 1 aliphatic carbocycles. The fraction of sp³-hybridized carbons (Fsp3) is 0.231. The van der Waals surface area contributed by atoms with Crippen LogP contribution in [0.4, 0.5) is 16.2 Å². The number of hydrogen-bond donors (Lipinski definition) is 4. The molecule has 1 atom stereocenters. The van der Waals surface area contributed by atoms with Crippen LogP contribution in [0.25, 0.3) is 0 Å². The summed E-state index contributed by atoms with van der Waals surface area (Å²) >= 11 is 0. The number of urea groups is 1. The maximum atomic E-state index is 12.6. The van der Waals surface area contributed by atoms with Crippen LogP contribution in [-0.4, -0.2) is 18.5 Å². The van der Waals surface area contributed by atoms with Crippen LogP contribution in [0.5, 0.6) is 0 Å². The van der Waals surface area contributed by atoms with E-state index in [0.29, 0.717) is 23.5 Å². The van der Waals surface area contributed by atoms with Crippen molar-refractivity contribution in [2.45, 2.75) is 32.2 Å². The summed E-state index contributed by atoms with van der Waals surface area (Å²) in [6.45, 7) is 2.64. The van der Waals surface area contributed by atoms with Gasteiger partial charge < -0.3 is 21.7 Å². The minimum absolute atomic E-state index is 0.0498. The summed E-state index contributed by atoms with van der Waals surface area (Å²) in [4.78, 5) is 25.0. The monoisotopic (exact) mass is 428 g/mol. The van der Waals surface area contributed by atoms with Gasteiger partial charge in [0, 0.05) is 12.1 Å². The number of benzene rings is 3. The third kappa shape index (κ3) is 5.09. The maximum Gasteiger partial charge on any atom is 0.315 e. The number of para-hydroxylation sites is 2. The van der Waals surface area contributed by atoms with E-state index in [2.05, 4.69) is 47.1 Å². The zero-order valence-electron chi connectivity index (χ0n) is 18.2. The number of fused-ring (bicyclic) bond motifs is 1. The van der Waals surface area contributed by atoms with E-state index >= 15 is 0 Å². The summed E-state index contributed by atoms with van der Waals surface area (Å²) in [5.41, 5.74) is 12.2. The second kappa shape index (κ2) is 9.56. The first kappa shape index (κ1) is 21.4. The molecule has 3 aromatic rings. The van der Waals surface area contributed by atoms with Crippen molar-refractivity contribution in [3.63, 3.8) is 0 Å². The highest BCUT2D eigenvalue weighted by molar-refractivity contribution is 6.05. The first-order valence-electron chi connectivity index (χ1n) is 10.9. The van der Waals surface area contributed by atoms with Crippen molar-refractivity contribution in [3.8, 4) is 0 Å². The molecule has 0 bridgehead atoms. The average molecular weight is 429 g/mol. The Hall–Kier alpha value is -3.80. The summed E-state index contributed by atoms with van der Waals surface area (Å²) in [6, 6.07) is 20.9. The second-order valence-corrected chi connectivity index (χ2v) is 8.18. The van der Waals surface area contributed by atoms with Gasteiger partial charge in [0.2, 0.25) is 0 Å². The minimum atomic E-state index is -0.198. The van der Waals surface area contributed by atoms with Crippen molar-refractivity contribution in [1.29, 1.82) is 0 Å². The Bertz CT molecular complexity index is 1120. The molecule has 1 unspecified atom stereocenters. The van der Waals surface area contributed by atoms with Gasteiger partial charge in [-0.1, -0.05) is 48.0 Å². The fourth-order valence-electron chi connectivity index (χ4n) is 4.00. The number of hydrogen-bond acceptors (Lipinski definition) is 3. The Balaban J connectivity index is 1.32. The lowest BCUT2D eigenvalue weighted by Crippen LogP contribution is -2.38. The minimum Gasteiger partial charge on any atom is -0.397 e. The molecule has 0 spiro atoms. The summed E-state index contributed by atoms with van der Waals surface area (Å²) in [7, 11) is 0. The summed E-state index contributed by atoms with van der Waals surface area (Å²) in [5.74, 6) is -0.198. The van der Waals surface area contributed by atoms with Gasteiger partial charge >= 0.3 is 6.03 Å². The van der Waals surface area contributed by atoms with Gasteiger partial charge in [-0.05, 0) is 67.1 Å². The number of nitrogens with two attached hydrogens (primary N) is 1. The SMILES string of the molecule is Cc1ccc(CCNC(=O)NC2CCc3cc(C(=O)Nc4ccccc4N)ccc32)cc1. The Labute approximate surface area is 188 Å². The lowest BCUT2D eigenvalue weighted by molar-refractivity contribution is 0.102. The van der Waals surface area contributed by atoms with E-state index in [0.717, 1.165) is 30.4 Å². The van der Waals surface area contributed by atoms with Crippen LogP contribution < -0.4 is 21.7 Å². The van der Waals surface area contributed by atoms with Gasteiger partial charge in [-0.2, -0.15) is 0 Å². The molecule has 0 saturated heterocycles. The second-order valence-electron chi connectivity index (χ2n) is 8.18. The van der Waals surface area contributed by atoms with Crippen molar-refractivity contribution in [2.24, 2.45) is 0 Å². The molecular weight excluding hydrogens is 400 g/mol. The van der Waals surface area contributed by atoms with Gasteiger partial charge in [-0.25, -0.2) is 4.79 Å². The third-order valence-corrected chi connectivity index (χ3v) is 5.82. The highest BCUT2D eigenvalue weighted by atomic mass is 16.2. The van der Waals surface area contributed by atoms with Crippen LogP contribution in [0.1, 0.15) is 45.1 Å². The number of anilines is 2. The topological polar surface area (TPSA) is 96.2 Å². The lowest BCUT2D eigenvalue weighted by atomic mass is 10.0. The quantitative estimate of drug-likeness (QED) is 0.439. The van der Waals surface area contributed by atoms with E-state index < -0.39 is 0 Å². The molecule has 0 radical (unpaired) electrons. The van der Waals surface area contributed by atoms with Gasteiger partial charge in [0.1, 0.15) is 0 Å². The van der Waals surface area contributed by atoms with E-state index in [1.165, 1.54) is 11.1 Å². The Morgan fingerprint density at radius 3 is 2.59 bits per heavy atom. The van der Waals surface area contributed by atoms with Crippen molar-refractivity contribution < 1.29 is 9.59 Å². The molecular formula is C26H28N4O2. The third-order valence-electron chi connectivity index (χ3n) is 5.82. The predicted molar refractivity (Wildman–Crippen MR) is 128 cm³/mol. The normalized spacial score (nSPS) is 14.5. The van der Waals surface area contributed by atoms with Gasteiger partial charge in [0.25, 0.3) is 5.91 Å². The zero-order chi connectivity index (χ0) is 22.5. The molecule has 0 aliphatic heterocycles. The summed E-state index contributed by atoms with van der Waals surface area (Å²) in [6.07, 6.45) is 2.43. The summed E-state index contributed by atoms with van der Waals surface area (Å²) < 4.78 is 0. The van der Waals surface area contributed by atoms with Crippen LogP contribution in [-0.2, 0) is 12.8 Å². The van der Waals surface area contributed by atoms with Gasteiger partial charge in [-0.15, -0.1) is 0 Å². The Kier molecular flexibility index (Phi) is 6.40. The zero-order valence-corrected chi connectivity index (χ0v) is 18.2. The first-order valence-corrected chi connectivity index (χ1v) is 10.9. The van der Waals surface area contributed by atoms with Crippen molar-refractivity contribution in [2.75, 3.05) is 17.6 Å². The maximum absolute atomic E-state index is 12.6. The van der Waals surface area contributed by atoms with E-state index in [1.54, 1.807) is 18.2 Å². The lowest BCUT2D eigenvalue weighted by Gasteiger charge is -2.15. The molecule has 1 aliphatic rings. The molecule has 0 fully saturated rings. The van der Waals surface area contributed by atoms with E-state index in [9.17, 15) is 9.59 Å². The number of carbonyl (C=O) groups is 2. The Morgan fingerprint density at radius 2 is 1.81 bits per heavy atom. The number of nitrogen functional groups attached to an aromatic ring is 1. The number of amides is 3. The van der Waals surface area contributed by atoms with Crippen LogP contribution in [0.2, 0.25) is 0 Å². The number of aryl methyl sites for hydroxylation is 2. The molecule has 3 aromatic carbocycles. The fourth-order valence-corrected chi connectivity index (χ4v) is 4.00. The van der Waals surface area contributed by atoms with E-state index in [-0.39, 0.29) is 18.0 Å². The van der Waals surface area contributed by atoms with Crippen molar-refractivity contribution in [3.05, 3.63) is 94.5 Å². The number of carbonyl (C=O) groups excluding carboxylic acids is 2. The van der Waals surface area contributed by atoms with Crippen molar-refractivity contribution >= 4 is 23.3 Å². The highest BCUT2D eigenvalue weighted by Crippen LogP contribution is 2.32. The molecule has 4 rings (SSSR count). The Morgan fingerprint density at radius 1 is 1.03 bits per heavy atom. The van der Waals surface area contributed by atoms with Gasteiger partial charge in [0.05, 0.1) is 17.4 Å². The number of rotatable bonds is 6. The molecule has 6 heteroatoms. The molecule has 32 heavy (non-hydrogen) atoms. The predicted octanol–water partition coefficient (Wildman–Crippen LogP) is 4.36. The molecule has 0 saturated carbocycles. The van der Waals surface area contributed by atoms with Crippen molar-refractivity contribution in [1.82, 2.24) is 10.6 Å². The molecule has 0 aromatic heterocycles. The first-order chi connectivity index (χ1) is 15.5. The molecule has 3 amide bonds. The molecule has 164 valence electrons. The number of nitrogens with one attached hydrogen (secondary N) is 3. The van der Waals surface area contributed by atoms with Crippen LogP contribution >= 0.6 is 0 Å².